The Morgan fingerprint density at radius 3 is 1.34 bits per heavy atom. The Hall–Kier alpha value is -3.61. The van der Waals surface area contributed by atoms with E-state index in [1.165, 1.54) is 24.3 Å². The number of hydrogen-bond donors (Lipinski definition) is 0. The number of allylic oxidation sites excluding steroid dienone is 8. The van der Waals surface area contributed by atoms with Gasteiger partial charge in [0, 0.05) is 0 Å². The van der Waals surface area contributed by atoms with Gasteiger partial charge in [0.25, 0.3) is 0 Å². The first kappa shape index (κ1) is 27.6. The van der Waals surface area contributed by atoms with Crippen LogP contribution in [0.4, 0.5) is 17.6 Å². The van der Waals surface area contributed by atoms with Crippen LogP contribution < -0.4 is 7.74 Å². The van der Waals surface area contributed by atoms with Crippen molar-refractivity contribution in [2.75, 3.05) is 0 Å². The quantitative estimate of drug-likeness (QED) is 0.149. The fraction of sp³-hybridized carbons (Fsp3) is 0.176. The first-order valence-corrected chi connectivity index (χ1v) is 16.8. The normalized spacial score (nSPS) is 15.2. The summed E-state index contributed by atoms with van der Waals surface area (Å²) in [5.74, 6) is -2.94. The molecule has 7 heteroatoms. The van der Waals surface area contributed by atoms with E-state index in [2.05, 4.69) is 0 Å². The maximum absolute atomic E-state index is 17.0. The van der Waals surface area contributed by atoms with Crippen molar-refractivity contribution in [1.29, 1.82) is 0 Å². The van der Waals surface area contributed by atoms with Gasteiger partial charge in [0.15, 0.2) is 0 Å². The molecule has 6 rings (SSSR count). The van der Waals surface area contributed by atoms with Crippen molar-refractivity contribution in [3.63, 3.8) is 0 Å². The van der Waals surface area contributed by atoms with E-state index in [-0.39, 0.29) is 32.0 Å². The second kappa shape index (κ2) is 11.0. The maximum atomic E-state index is 17.0. The summed E-state index contributed by atoms with van der Waals surface area (Å²) in [5.41, 5.74) is 2.21. The first-order valence-electron chi connectivity index (χ1n) is 13.7. The van der Waals surface area contributed by atoms with Crippen molar-refractivity contribution >= 4 is 7.74 Å². The minimum absolute atomic E-state index is 0.151. The van der Waals surface area contributed by atoms with E-state index in [4.69, 9.17) is 0 Å². The standard InChI is InChI=1S/2C11H8F2N.2C6H7.Ti/c2*12-10-4-3-9(11(13)7-10)8-14-5-1-2-6-14;2*1-6-4-2-3-5-6;/h2*1-6H,8H2;2*2,4H,3H2,1H3;. The molecule has 0 aliphatic heterocycles. The van der Waals surface area contributed by atoms with E-state index in [0.29, 0.717) is 12.8 Å². The SMILES string of the molecule is CC1=[C]([Ti]([C]2=C(C)C=CC2)([c]2c(F)ccc(Cn3cccc3)c2F)[c]2c(F)ccc(Cn3cccc3)c2F)CC=C1. The zero-order valence-corrected chi connectivity index (χ0v) is 24.5. The molecule has 0 bridgehead atoms. The Bertz CT molecular complexity index is 1610. The van der Waals surface area contributed by atoms with E-state index in [1.54, 1.807) is 9.13 Å². The molecule has 2 aromatic heterocycles. The van der Waals surface area contributed by atoms with E-state index in [9.17, 15) is 0 Å². The van der Waals surface area contributed by atoms with Gasteiger partial charge >= 0.3 is 242 Å². The van der Waals surface area contributed by atoms with Crippen LogP contribution in [0.5, 0.6) is 0 Å². The van der Waals surface area contributed by atoms with Gasteiger partial charge in [0.05, 0.1) is 0 Å². The molecule has 0 saturated heterocycles. The molecule has 2 aromatic carbocycles. The molecule has 41 heavy (non-hydrogen) atoms. The second-order valence-corrected chi connectivity index (χ2v) is 16.6. The molecule has 0 unspecified atom stereocenters. The Morgan fingerprint density at radius 1 is 0.610 bits per heavy atom. The number of benzene rings is 2. The Kier molecular flexibility index (Phi) is 7.39. The monoisotopic (exact) mass is 590 g/mol. The van der Waals surface area contributed by atoms with Crippen LogP contribution in [0.1, 0.15) is 37.8 Å². The summed E-state index contributed by atoms with van der Waals surface area (Å²) in [7, 11) is 0. The van der Waals surface area contributed by atoms with Crippen LogP contribution in [-0.4, -0.2) is 9.13 Å². The van der Waals surface area contributed by atoms with Gasteiger partial charge in [-0.05, 0) is 0 Å². The fourth-order valence-electron chi connectivity index (χ4n) is 6.51. The third-order valence-electron chi connectivity index (χ3n) is 8.37. The van der Waals surface area contributed by atoms with E-state index in [0.717, 1.165) is 18.9 Å². The zero-order valence-electron chi connectivity index (χ0n) is 23.0. The Balaban J connectivity index is 1.72. The summed E-state index contributed by atoms with van der Waals surface area (Å²) < 4.78 is 71.6. The van der Waals surface area contributed by atoms with Crippen LogP contribution in [-0.2, 0) is 29.7 Å². The molecule has 0 radical (unpaired) electrons. The van der Waals surface area contributed by atoms with Crippen LogP contribution in [0.15, 0.2) is 117 Å². The molecule has 2 aliphatic carbocycles. The Morgan fingerprint density at radius 2 is 1.00 bits per heavy atom. The average molecular weight is 590 g/mol. The molecule has 0 saturated carbocycles. The van der Waals surface area contributed by atoms with E-state index < -0.39 is 39.9 Å². The van der Waals surface area contributed by atoms with Crippen LogP contribution in [0.2, 0.25) is 0 Å². The van der Waals surface area contributed by atoms with Gasteiger partial charge in [-0.3, -0.25) is 0 Å². The summed E-state index contributed by atoms with van der Waals surface area (Å²) >= 11 is -4.94. The number of hydrogen-bond acceptors (Lipinski definition) is 0. The van der Waals surface area contributed by atoms with E-state index in [1.807, 2.05) is 87.2 Å². The van der Waals surface area contributed by atoms with Gasteiger partial charge in [0.1, 0.15) is 0 Å². The average Bonchev–Trinajstić information content (AvgIpc) is 3.77. The molecule has 0 atom stereocenters. The van der Waals surface area contributed by atoms with Gasteiger partial charge in [-0.2, -0.15) is 0 Å². The molecule has 4 aromatic rings. The number of nitrogens with zero attached hydrogens (tertiary/aromatic N) is 2. The van der Waals surface area contributed by atoms with Crippen LogP contribution in [0.25, 0.3) is 0 Å². The summed E-state index contributed by atoms with van der Waals surface area (Å²) in [5, 5.41) is 0. The van der Waals surface area contributed by atoms with Gasteiger partial charge in [-0.1, -0.05) is 0 Å². The second-order valence-electron chi connectivity index (χ2n) is 10.8. The third kappa shape index (κ3) is 4.63. The van der Waals surface area contributed by atoms with Crippen molar-refractivity contribution in [2.24, 2.45) is 0 Å². The first-order chi connectivity index (χ1) is 19.8. The van der Waals surface area contributed by atoms with Crippen LogP contribution in [0, 0.1) is 23.3 Å². The molecule has 0 fully saturated rings. The molecule has 0 amide bonds. The summed E-state index contributed by atoms with van der Waals surface area (Å²) in [6.07, 6.45) is 15.7. The van der Waals surface area contributed by atoms with Gasteiger partial charge in [0.2, 0.25) is 0 Å². The number of rotatable bonds is 8. The van der Waals surface area contributed by atoms with Crippen molar-refractivity contribution in [3.05, 3.63) is 151 Å². The summed E-state index contributed by atoms with van der Waals surface area (Å²) in [6, 6.07) is 12.8. The topological polar surface area (TPSA) is 9.86 Å². The predicted molar refractivity (Wildman–Crippen MR) is 152 cm³/mol. The van der Waals surface area contributed by atoms with Crippen LogP contribution in [0.3, 0.4) is 0 Å². The molecule has 208 valence electrons. The molecular formula is C34H30F4N2Ti. The third-order valence-corrected chi connectivity index (χ3v) is 16.8. The minimum atomic E-state index is -4.94. The van der Waals surface area contributed by atoms with Crippen molar-refractivity contribution in [2.45, 2.75) is 39.8 Å². The van der Waals surface area contributed by atoms with Crippen molar-refractivity contribution in [3.8, 4) is 0 Å². The predicted octanol–water partition coefficient (Wildman–Crippen LogP) is 7.52. The number of aromatic nitrogens is 2. The molecular weight excluding hydrogens is 560 g/mol. The van der Waals surface area contributed by atoms with Crippen molar-refractivity contribution < 1.29 is 34.2 Å². The Labute approximate surface area is 241 Å². The van der Waals surface area contributed by atoms with E-state index >= 15 is 17.6 Å². The van der Waals surface area contributed by atoms with Crippen molar-refractivity contribution in [1.82, 2.24) is 9.13 Å². The zero-order chi connectivity index (χ0) is 28.7. The number of halogens is 4. The fourth-order valence-corrected chi connectivity index (χ4v) is 15.7. The van der Waals surface area contributed by atoms with Gasteiger partial charge < -0.3 is 0 Å². The molecule has 2 heterocycles. The van der Waals surface area contributed by atoms with Gasteiger partial charge in [-0.25, -0.2) is 0 Å². The van der Waals surface area contributed by atoms with Crippen LogP contribution >= 0.6 is 0 Å². The molecule has 2 nitrogen and oxygen atoms in total. The summed E-state index contributed by atoms with van der Waals surface area (Å²) in [6.45, 7) is 4.12. The molecule has 0 spiro atoms. The molecule has 0 N–H and O–H groups in total. The summed E-state index contributed by atoms with van der Waals surface area (Å²) in [4.78, 5) is 0. The molecule has 2 aliphatic rings. The van der Waals surface area contributed by atoms with Gasteiger partial charge in [-0.15, -0.1) is 0 Å².